The first-order chi connectivity index (χ1) is 13.2. The molecule has 0 amide bonds. The predicted octanol–water partition coefficient (Wildman–Crippen LogP) is 5.53. The molecule has 0 aromatic carbocycles. The molecule has 1 aliphatic rings. The number of hydrogen-bond donors (Lipinski definition) is 3. The zero-order valence-electron chi connectivity index (χ0n) is 17.6. The van der Waals surface area contributed by atoms with Crippen LogP contribution in [0.1, 0.15) is 78.1 Å². The van der Waals surface area contributed by atoms with Gasteiger partial charge in [-0.15, -0.1) is 0 Å². The van der Waals surface area contributed by atoms with E-state index in [9.17, 15) is 15.0 Å². The normalized spacial score (nSPS) is 20.4. The van der Waals surface area contributed by atoms with Crippen LogP contribution in [0.5, 0.6) is 0 Å². The van der Waals surface area contributed by atoms with Gasteiger partial charge in [-0.2, -0.15) is 0 Å². The second-order valence-corrected chi connectivity index (χ2v) is 8.19. The second-order valence-electron chi connectivity index (χ2n) is 8.19. The molecule has 0 aromatic rings. The van der Waals surface area contributed by atoms with Gasteiger partial charge in [-0.05, 0) is 83.5 Å². The van der Waals surface area contributed by atoms with Crippen molar-refractivity contribution in [2.45, 2.75) is 83.8 Å². The number of aliphatic carboxylic acids is 1. The van der Waals surface area contributed by atoms with Crippen LogP contribution in [0.2, 0.25) is 0 Å². The molecule has 1 saturated carbocycles. The van der Waals surface area contributed by atoms with Crippen LogP contribution in [-0.4, -0.2) is 27.1 Å². The maximum Gasteiger partial charge on any atom is 0.364 e. The molecule has 1 fully saturated rings. The summed E-state index contributed by atoms with van der Waals surface area (Å²) in [6.45, 7) is 8.50. The van der Waals surface area contributed by atoms with Gasteiger partial charge >= 0.3 is 5.97 Å². The van der Waals surface area contributed by atoms with Gasteiger partial charge in [-0.3, -0.25) is 0 Å². The van der Waals surface area contributed by atoms with E-state index in [0.717, 1.165) is 32.1 Å². The van der Waals surface area contributed by atoms with Crippen molar-refractivity contribution in [1.29, 1.82) is 0 Å². The van der Waals surface area contributed by atoms with E-state index in [1.165, 1.54) is 30.4 Å². The van der Waals surface area contributed by atoms with Gasteiger partial charge < -0.3 is 15.3 Å². The van der Waals surface area contributed by atoms with Crippen molar-refractivity contribution in [3.05, 3.63) is 48.1 Å². The van der Waals surface area contributed by atoms with Crippen molar-refractivity contribution in [3.8, 4) is 0 Å². The SMILES string of the molecule is C=C1CC[C@H](CCC=CCCCC=C(C)C)[C@H]1CC=CCCC(O)(O)C(=O)O. The van der Waals surface area contributed by atoms with Gasteiger partial charge in [0.1, 0.15) is 0 Å². The Morgan fingerprint density at radius 1 is 1.11 bits per heavy atom. The van der Waals surface area contributed by atoms with E-state index in [1.807, 2.05) is 12.2 Å². The van der Waals surface area contributed by atoms with Crippen molar-refractivity contribution in [3.63, 3.8) is 0 Å². The Kier molecular flexibility index (Phi) is 11.1. The van der Waals surface area contributed by atoms with Crippen molar-refractivity contribution in [1.82, 2.24) is 0 Å². The molecule has 4 nitrogen and oxygen atoms in total. The quantitative estimate of drug-likeness (QED) is 0.219. The molecule has 1 rings (SSSR count). The number of carboxylic acid groups (broad SMARTS) is 1. The molecule has 0 aromatic heterocycles. The number of unbranched alkanes of at least 4 members (excludes halogenated alkanes) is 2. The number of allylic oxidation sites excluding steroid dienone is 7. The maximum atomic E-state index is 10.7. The molecule has 1 aliphatic carbocycles. The lowest BCUT2D eigenvalue weighted by molar-refractivity contribution is -0.205. The molecule has 3 N–H and O–H groups in total. The average molecular weight is 391 g/mol. The first-order valence-electron chi connectivity index (χ1n) is 10.5. The molecule has 0 saturated heterocycles. The lowest BCUT2D eigenvalue weighted by Crippen LogP contribution is -2.37. The summed E-state index contributed by atoms with van der Waals surface area (Å²) in [6, 6.07) is 0. The van der Waals surface area contributed by atoms with E-state index in [-0.39, 0.29) is 6.42 Å². The minimum Gasteiger partial charge on any atom is -0.477 e. The summed E-state index contributed by atoms with van der Waals surface area (Å²) in [5, 5.41) is 27.3. The Labute approximate surface area is 170 Å². The fourth-order valence-electron chi connectivity index (χ4n) is 3.72. The second kappa shape index (κ2) is 12.7. The number of rotatable bonds is 13. The van der Waals surface area contributed by atoms with Crippen LogP contribution in [0.15, 0.2) is 48.1 Å². The Balaban J connectivity index is 2.29. The fraction of sp³-hybridized carbons (Fsp3) is 0.625. The van der Waals surface area contributed by atoms with E-state index >= 15 is 0 Å². The highest BCUT2D eigenvalue weighted by molar-refractivity contribution is 5.74. The maximum absolute atomic E-state index is 10.7. The number of aliphatic hydroxyl groups is 2. The van der Waals surface area contributed by atoms with E-state index in [0.29, 0.717) is 18.3 Å². The van der Waals surface area contributed by atoms with Gasteiger partial charge in [0.2, 0.25) is 0 Å². The molecule has 28 heavy (non-hydrogen) atoms. The van der Waals surface area contributed by atoms with Gasteiger partial charge in [0.15, 0.2) is 0 Å². The van der Waals surface area contributed by atoms with Crippen LogP contribution in [-0.2, 0) is 4.79 Å². The van der Waals surface area contributed by atoms with E-state index in [4.69, 9.17) is 5.11 Å². The monoisotopic (exact) mass is 390 g/mol. The van der Waals surface area contributed by atoms with E-state index in [2.05, 4.69) is 38.7 Å². The summed E-state index contributed by atoms with van der Waals surface area (Å²) < 4.78 is 0. The minimum atomic E-state index is -2.64. The standard InChI is InChI=1S/C24H38O4/c1-19(2)13-9-6-4-5-7-10-14-21-17-16-20(3)22(21)15-11-8-12-18-24(27,28)23(25)26/h5,7-8,11,13,21-22,27-28H,3-4,6,9-10,12,14-18H2,1-2H3,(H,25,26)/t21-,22-/m0/s1. The highest BCUT2D eigenvalue weighted by atomic mass is 16.5. The van der Waals surface area contributed by atoms with E-state index in [1.54, 1.807) is 0 Å². The summed E-state index contributed by atoms with van der Waals surface area (Å²) in [4.78, 5) is 10.7. The average Bonchev–Trinajstić information content (AvgIpc) is 2.96. The summed E-state index contributed by atoms with van der Waals surface area (Å²) in [7, 11) is 0. The van der Waals surface area contributed by atoms with Crippen LogP contribution >= 0.6 is 0 Å². The highest BCUT2D eigenvalue weighted by Gasteiger charge is 2.32. The van der Waals surface area contributed by atoms with E-state index < -0.39 is 11.8 Å². The molecular formula is C24H38O4. The Morgan fingerprint density at radius 2 is 1.79 bits per heavy atom. The van der Waals surface area contributed by atoms with Crippen molar-refractivity contribution in [2.24, 2.45) is 11.8 Å². The molecule has 158 valence electrons. The fourth-order valence-corrected chi connectivity index (χ4v) is 3.72. The lowest BCUT2D eigenvalue weighted by atomic mass is 9.87. The molecule has 2 atom stereocenters. The highest BCUT2D eigenvalue weighted by Crippen LogP contribution is 2.40. The van der Waals surface area contributed by atoms with Gasteiger partial charge in [-0.25, -0.2) is 4.79 Å². The largest absolute Gasteiger partial charge is 0.477 e. The minimum absolute atomic E-state index is 0.202. The smallest absolute Gasteiger partial charge is 0.364 e. The summed E-state index contributed by atoms with van der Waals surface area (Å²) in [5.41, 5.74) is 2.70. The van der Waals surface area contributed by atoms with Gasteiger partial charge in [-0.1, -0.05) is 48.1 Å². The third kappa shape index (κ3) is 9.52. The lowest BCUT2D eigenvalue weighted by Gasteiger charge is -2.18. The number of carboxylic acids is 1. The Hall–Kier alpha value is -1.65. The zero-order chi connectivity index (χ0) is 21.0. The molecule has 0 aliphatic heterocycles. The van der Waals surface area contributed by atoms with Crippen molar-refractivity contribution < 1.29 is 20.1 Å². The third-order valence-electron chi connectivity index (χ3n) is 5.49. The topological polar surface area (TPSA) is 77.8 Å². The zero-order valence-corrected chi connectivity index (χ0v) is 17.6. The molecule has 0 bridgehead atoms. The molecular weight excluding hydrogens is 352 g/mol. The predicted molar refractivity (Wildman–Crippen MR) is 115 cm³/mol. The Bertz CT molecular complexity index is 579. The van der Waals surface area contributed by atoms with Crippen molar-refractivity contribution >= 4 is 5.97 Å². The third-order valence-corrected chi connectivity index (χ3v) is 5.49. The molecule has 0 heterocycles. The number of hydrogen-bond acceptors (Lipinski definition) is 3. The van der Waals surface area contributed by atoms with Crippen LogP contribution in [0, 0.1) is 11.8 Å². The Morgan fingerprint density at radius 3 is 2.46 bits per heavy atom. The first kappa shape index (κ1) is 24.4. The van der Waals surface area contributed by atoms with Crippen LogP contribution in [0.4, 0.5) is 0 Å². The molecule has 0 spiro atoms. The number of carbonyl (C=O) groups is 1. The summed E-state index contributed by atoms with van der Waals surface area (Å²) in [6.07, 6.45) is 19.9. The van der Waals surface area contributed by atoms with Crippen LogP contribution in [0.3, 0.4) is 0 Å². The van der Waals surface area contributed by atoms with Gasteiger partial charge in [0, 0.05) is 6.42 Å². The summed E-state index contributed by atoms with van der Waals surface area (Å²) in [5.74, 6) is -3.10. The molecule has 0 radical (unpaired) electrons. The van der Waals surface area contributed by atoms with Crippen LogP contribution < -0.4 is 0 Å². The van der Waals surface area contributed by atoms with Crippen molar-refractivity contribution in [2.75, 3.05) is 0 Å². The van der Waals surface area contributed by atoms with Gasteiger partial charge in [0.05, 0.1) is 0 Å². The van der Waals surface area contributed by atoms with Gasteiger partial charge in [0.25, 0.3) is 5.79 Å². The van der Waals surface area contributed by atoms with Crippen LogP contribution in [0.25, 0.3) is 0 Å². The summed E-state index contributed by atoms with van der Waals surface area (Å²) >= 11 is 0. The first-order valence-corrected chi connectivity index (χ1v) is 10.5. The molecule has 4 heteroatoms. The molecule has 0 unspecified atom stereocenters.